The second-order valence-electron chi connectivity index (χ2n) is 10.7. The highest BCUT2D eigenvalue weighted by Crippen LogP contribution is 2.33. The third-order valence-electron chi connectivity index (χ3n) is 7.25. The minimum absolute atomic E-state index is 0. The Bertz CT molecular complexity index is 1700. The van der Waals surface area contributed by atoms with Crippen molar-refractivity contribution in [3.05, 3.63) is 107 Å². The van der Waals surface area contributed by atoms with Crippen molar-refractivity contribution in [3.8, 4) is 28.7 Å². The summed E-state index contributed by atoms with van der Waals surface area (Å²) < 4.78 is 21.5. The number of nitrogens with zero attached hydrogens (tertiary/aromatic N) is 2. The van der Waals surface area contributed by atoms with Gasteiger partial charge in [0.15, 0.2) is 18.1 Å². The highest BCUT2D eigenvalue weighted by atomic mass is 35.5. The van der Waals surface area contributed by atoms with Crippen LogP contribution in [0.4, 0.5) is 5.69 Å². The standard InChI is InChI=1S/C20H21ClN2O4.C15H13NO4.ClH/c21-16-2-4-17(5-3-16)25-13-20(24)23-9-7-22(8-10-23)12-15-1-6-18-19(11-15)27-14-26-18;1-10(17)16-11-6-8-12(9-7-11)20-15(19)13-4-2-3-5-14(13)18;/h1-6,11H,7-10,12-14H2;2-9,18H,1H3,(H,16,17);1H. The van der Waals surface area contributed by atoms with E-state index >= 15 is 0 Å². The largest absolute Gasteiger partial charge is 0.507 e. The molecule has 2 N–H and O–H groups in total. The van der Waals surface area contributed by atoms with Gasteiger partial charge in [-0.1, -0.05) is 29.8 Å². The van der Waals surface area contributed by atoms with E-state index in [1.807, 2.05) is 17.0 Å². The quantitative estimate of drug-likeness (QED) is 0.174. The fraction of sp³-hybridized carbons (Fsp3) is 0.229. The summed E-state index contributed by atoms with van der Waals surface area (Å²) in [4.78, 5) is 39.3. The van der Waals surface area contributed by atoms with Gasteiger partial charge in [-0.2, -0.15) is 0 Å². The molecule has 0 unspecified atom stereocenters. The summed E-state index contributed by atoms with van der Waals surface area (Å²) >= 11 is 5.85. The number of benzene rings is 4. The molecule has 1 fully saturated rings. The third kappa shape index (κ3) is 10.3. The highest BCUT2D eigenvalue weighted by Gasteiger charge is 2.22. The number of fused-ring (bicyclic) bond motifs is 1. The van der Waals surface area contributed by atoms with E-state index in [0.717, 1.165) is 31.1 Å². The molecule has 4 aromatic rings. The summed E-state index contributed by atoms with van der Waals surface area (Å²) in [7, 11) is 0. The van der Waals surface area contributed by atoms with Crippen molar-refractivity contribution in [2.45, 2.75) is 13.5 Å². The van der Waals surface area contributed by atoms with Crippen LogP contribution < -0.4 is 24.3 Å². The molecule has 0 aliphatic carbocycles. The summed E-state index contributed by atoms with van der Waals surface area (Å²) in [6, 6.07) is 25.6. The van der Waals surface area contributed by atoms with Gasteiger partial charge in [0.25, 0.3) is 5.91 Å². The fourth-order valence-corrected chi connectivity index (χ4v) is 4.96. The summed E-state index contributed by atoms with van der Waals surface area (Å²) in [6.45, 7) is 5.65. The average Bonchev–Trinajstić information content (AvgIpc) is 3.54. The lowest BCUT2D eigenvalue weighted by Gasteiger charge is -2.34. The normalized spacial score (nSPS) is 13.3. The van der Waals surface area contributed by atoms with Crippen molar-refractivity contribution in [1.29, 1.82) is 0 Å². The minimum atomic E-state index is -0.643. The predicted octanol–water partition coefficient (Wildman–Crippen LogP) is 5.78. The molecule has 2 aliphatic rings. The van der Waals surface area contributed by atoms with Crippen molar-refractivity contribution < 1.29 is 38.4 Å². The Labute approximate surface area is 289 Å². The third-order valence-corrected chi connectivity index (χ3v) is 7.51. The van der Waals surface area contributed by atoms with E-state index in [1.165, 1.54) is 24.6 Å². The number of para-hydroxylation sites is 1. The van der Waals surface area contributed by atoms with Crippen LogP contribution in [0.2, 0.25) is 5.02 Å². The highest BCUT2D eigenvalue weighted by molar-refractivity contribution is 6.30. The number of carbonyl (C=O) groups is 3. The number of nitrogens with one attached hydrogen (secondary N) is 1. The molecular formula is C35H35Cl2N3O8. The van der Waals surface area contributed by atoms with E-state index in [0.29, 0.717) is 35.3 Å². The first kappa shape index (κ1) is 35.9. The zero-order valence-corrected chi connectivity index (χ0v) is 27.7. The van der Waals surface area contributed by atoms with Crippen LogP contribution in [0, 0.1) is 0 Å². The van der Waals surface area contributed by atoms with Gasteiger partial charge < -0.3 is 34.3 Å². The Morgan fingerprint density at radius 3 is 2.21 bits per heavy atom. The predicted molar refractivity (Wildman–Crippen MR) is 182 cm³/mol. The molecule has 2 aliphatic heterocycles. The van der Waals surface area contributed by atoms with Crippen molar-refractivity contribution in [2.24, 2.45) is 0 Å². The molecule has 0 spiro atoms. The number of ether oxygens (including phenoxy) is 4. The first-order chi connectivity index (χ1) is 22.7. The number of hydrogen-bond donors (Lipinski definition) is 2. The number of phenols is 1. The summed E-state index contributed by atoms with van der Waals surface area (Å²) in [5.41, 5.74) is 1.89. The second kappa shape index (κ2) is 17.3. The van der Waals surface area contributed by atoms with Gasteiger partial charge in [0, 0.05) is 50.4 Å². The number of rotatable bonds is 8. The van der Waals surface area contributed by atoms with Crippen LogP contribution in [0.3, 0.4) is 0 Å². The number of carbonyl (C=O) groups excluding carboxylic acids is 3. The molecule has 0 atom stereocenters. The lowest BCUT2D eigenvalue weighted by atomic mass is 10.1. The molecule has 0 saturated carbocycles. The Hall–Kier alpha value is -4.97. The molecule has 1 saturated heterocycles. The number of halogens is 2. The SMILES string of the molecule is CC(=O)Nc1ccc(OC(=O)c2ccccc2O)cc1.Cl.O=C(COc1ccc(Cl)cc1)N1CCN(Cc2ccc3c(c2)OCO3)CC1. The zero-order valence-electron chi connectivity index (χ0n) is 26.1. The van der Waals surface area contributed by atoms with Gasteiger partial charge in [-0.05, 0) is 78.4 Å². The summed E-state index contributed by atoms with van der Waals surface area (Å²) in [5, 5.41) is 12.8. The maximum absolute atomic E-state index is 12.4. The molecule has 11 nitrogen and oxygen atoms in total. The maximum atomic E-state index is 12.4. The van der Waals surface area contributed by atoms with Gasteiger partial charge in [0.05, 0.1) is 0 Å². The molecular weight excluding hydrogens is 661 g/mol. The second-order valence-corrected chi connectivity index (χ2v) is 11.1. The molecule has 252 valence electrons. The number of phenolic OH excluding ortho intramolecular Hbond substituents is 1. The van der Waals surface area contributed by atoms with E-state index in [4.69, 9.17) is 30.5 Å². The number of hydrogen-bond acceptors (Lipinski definition) is 9. The Morgan fingerprint density at radius 1 is 0.854 bits per heavy atom. The maximum Gasteiger partial charge on any atom is 0.347 e. The molecule has 0 radical (unpaired) electrons. The van der Waals surface area contributed by atoms with Gasteiger partial charge in [0.2, 0.25) is 12.7 Å². The van der Waals surface area contributed by atoms with Gasteiger partial charge in [0.1, 0.15) is 22.8 Å². The first-order valence-corrected chi connectivity index (χ1v) is 15.3. The van der Waals surface area contributed by atoms with Crippen molar-refractivity contribution >= 4 is 47.5 Å². The lowest BCUT2D eigenvalue weighted by Crippen LogP contribution is -2.49. The molecule has 2 amide bonds. The number of piperazine rings is 1. The van der Waals surface area contributed by atoms with Crippen LogP contribution >= 0.6 is 24.0 Å². The first-order valence-electron chi connectivity index (χ1n) is 14.9. The number of aromatic hydroxyl groups is 1. The van der Waals surface area contributed by atoms with Crippen molar-refractivity contribution in [1.82, 2.24) is 9.80 Å². The van der Waals surface area contributed by atoms with E-state index in [9.17, 15) is 19.5 Å². The topological polar surface area (TPSA) is 127 Å². The Kier molecular flexibility index (Phi) is 12.9. The number of esters is 1. The van der Waals surface area contributed by atoms with Crippen LogP contribution in [0.25, 0.3) is 0 Å². The van der Waals surface area contributed by atoms with Crippen LogP contribution in [0.1, 0.15) is 22.8 Å². The van der Waals surface area contributed by atoms with Crippen molar-refractivity contribution in [2.75, 3.05) is 44.9 Å². The monoisotopic (exact) mass is 695 g/mol. The number of amides is 2. The Morgan fingerprint density at radius 2 is 1.52 bits per heavy atom. The van der Waals surface area contributed by atoms with Crippen molar-refractivity contribution in [3.63, 3.8) is 0 Å². The smallest absolute Gasteiger partial charge is 0.347 e. The molecule has 0 aromatic heterocycles. The van der Waals surface area contributed by atoms with Gasteiger partial charge in [-0.3, -0.25) is 14.5 Å². The fourth-order valence-electron chi connectivity index (χ4n) is 4.84. The lowest BCUT2D eigenvalue weighted by molar-refractivity contribution is -0.135. The molecule has 0 bridgehead atoms. The van der Waals surface area contributed by atoms with E-state index in [2.05, 4.69) is 16.3 Å². The molecule has 13 heteroatoms. The molecule has 6 rings (SSSR count). The van der Waals surface area contributed by atoms with Gasteiger partial charge >= 0.3 is 5.97 Å². The minimum Gasteiger partial charge on any atom is -0.507 e. The summed E-state index contributed by atoms with van der Waals surface area (Å²) in [6.07, 6.45) is 0. The summed E-state index contributed by atoms with van der Waals surface area (Å²) in [5.74, 6) is 1.64. The van der Waals surface area contributed by atoms with E-state index in [-0.39, 0.29) is 48.9 Å². The van der Waals surface area contributed by atoms with Crippen LogP contribution in [-0.2, 0) is 16.1 Å². The molecule has 2 heterocycles. The van der Waals surface area contributed by atoms with E-state index < -0.39 is 5.97 Å². The van der Waals surface area contributed by atoms with Gasteiger partial charge in [-0.25, -0.2) is 4.79 Å². The van der Waals surface area contributed by atoms with Crippen LogP contribution in [-0.4, -0.2) is 72.3 Å². The van der Waals surface area contributed by atoms with Crippen LogP contribution in [0.5, 0.6) is 28.7 Å². The average molecular weight is 697 g/mol. The Balaban J connectivity index is 0.000000222. The molecule has 4 aromatic carbocycles. The van der Waals surface area contributed by atoms with Gasteiger partial charge in [-0.15, -0.1) is 12.4 Å². The van der Waals surface area contributed by atoms with E-state index in [1.54, 1.807) is 60.7 Å². The molecule has 48 heavy (non-hydrogen) atoms. The van der Waals surface area contributed by atoms with Crippen LogP contribution in [0.15, 0.2) is 91.0 Å². The number of anilines is 1. The zero-order chi connectivity index (χ0) is 33.2.